The first-order valence-electron chi connectivity index (χ1n) is 17.4. The summed E-state index contributed by atoms with van der Waals surface area (Å²) in [6, 6.07) is 43.7. The zero-order valence-electron chi connectivity index (χ0n) is 28.9. The van der Waals surface area contributed by atoms with Crippen LogP contribution in [-0.2, 0) is 17.3 Å². The number of aryl methyl sites for hydroxylation is 1. The minimum atomic E-state index is 0.101. The number of hydrogen-bond acceptors (Lipinski definition) is 1. The average Bonchev–Trinajstić information content (AvgIpc) is 3.57. The van der Waals surface area contributed by atoms with Gasteiger partial charge >= 0.3 is 0 Å². The lowest BCUT2D eigenvalue weighted by molar-refractivity contribution is 0.590. The normalized spacial score (nSPS) is 13.6. The van der Waals surface area contributed by atoms with E-state index in [1.807, 2.05) is 0 Å². The van der Waals surface area contributed by atoms with Gasteiger partial charge in [-0.05, 0) is 123 Å². The van der Waals surface area contributed by atoms with Crippen molar-refractivity contribution in [2.24, 2.45) is 0 Å². The Morgan fingerprint density at radius 1 is 0.521 bits per heavy atom. The molecule has 6 aromatic carbocycles. The molecule has 0 radical (unpaired) electrons. The Kier molecular flexibility index (Phi) is 6.19. The molecule has 2 aromatic heterocycles. The van der Waals surface area contributed by atoms with Gasteiger partial charge in [-0.2, -0.15) is 0 Å². The monoisotopic (exact) mass is 622 g/mol. The number of aromatic nitrogens is 1. The first-order valence-corrected chi connectivity index (χ1v) is 17.4. The van der Waals surface area contributed by atoms with E-state index in [2.05, 4.69) is 172 Å². The highest BCUT2D eigenvalue weighted by Gasteiger charge is 2.22. The van der Waals surface area contributed by atoms with Gasteiger partial charge in [0.15, 0.2) is 0 Å². The van der Waals surface area contributed by atoms with E-state index < -0.39 is 0 Å². The molecule has 2 nitrogen and oxygen atoms in total. The number of nitrogens with zero attached hydrogens (tertiary/aromatic N) is 2. The molecule has 0 fully saturated rings. The fraction of sp³-hybridized carbons (Fsp3) is 0.217. The van der Waals surface area contributed by atoms with Crippen LogP contribution in [0.5, 0.6) is 0 Å². The Balaban J connectivity index is 1.26. The summed E-state index contributed by atoms with van der Waals surface area (Å²) in [7, 11) is 0. The van der Waals surface area contributed by atoms with Crippen LogP contribution in [0.4, 0.5) is 17.1 Å². The molecule has 9 rings (SSSR count). The van der Waals surface area contributed by atoms with E-state index in [1.165, 1.54) is 82.2 Å². The summed E-state index contributed by atoms with van der Waals surface area (Å²) in [5.41, 5.74) is 11.9. The molecule has 0 unspecified atom stereocenters. The van der Waals surface area contributed by atoms with Crippen molar-refractivity contribution in [1.82, 2.24) is 4.40 Å². The molecular formula is C46H42N2. The fourth-order valence-corrected chi connectivity index (χ4v) is 8.00. The van der Waals surface area contributed by atoms with E-state index in [-0.39, 0.29) is 10.8 Å². The second-order valence-electron chi connectivity index (χ2n) is 15.9. The van der Waals surface area contributed by atoms with Crippen molar-refractivity contribution in [3.05, 3.63) is 137 Å². The predicted molar refractivity (Wildman–Crippen MR) is 208 cm³/mol. The van der Waals surface area contributed by atoms with E-state index in [9.17, 15) is 0 Å². The SMILES string of the molecule is CC(C)(C)c1ccc(N(c2ccc(C(C)(C)C)cc2)c2ccc3cc4c5c6c(c7cc8ccccc8cc7n6c4cc3c2)CCC=5)cc1. The van der Waals surface area contributed by atoms with Gasteiger partial charge in [-0.1, -0.05) is 102 Å². The highest BCUT2D eigenvalue weighted by Crippen LogP contribution is 2.40. The maximum absolute atomic E-state index is 2.55. The standard InChI is InChI=1S/C46H42N2/c1-45(2,3)33-15-20-35(21-16-33)47(36-22-17-34(18-23-36)46(4,5)6)37-19-14-31-26-41-39-13-9-12-38-40-25-29-10-7-8-11-30(29)27-42(40)48(44(38)39)43(41)28-32(31)24-37/h7-8,10-11,13-28H,9,12H2,1-6H3. The molecule has 0 atom stereocenters. The quantitative estimate of drug-likeness (QED) is 0.190. The molecule has 0 bridgehead atoms. The summed E-state index contributed by atoms with van der Waals surface area (Å²) in [5.74, 6) is 0. The molecule has 236 valence electrons. The van der Waals surface area contributed by atoms with Crippen LogP contribution in [0.15, 0.2) is 115 Å². The molecule has 0 saturated carbocycles. The summed E-state index contributed by atoms with van der Waals surface area (Å²) in [5, 5.41) is 9.30. The van der Waals surface area contributed by atoms with Crippen LogP contribution in [0.2, 0.25) is 0 Å². The molecule has 1 aliphatic rings. The maximum atomic E-state index is 2.55. The van der Waals surface area contributed by atoms with Crippen LogP contribution in [0.1, 0.15) is 64.7 Å². The van der Waals surface area contributed by atoms with Crippen molar-refractivity contribution in [3.8, 4) is 0 Å². The smallest absolute Gasteiger partial charge is 0.0576 e. The lowest BCUT2D eigenvalue weighted by Crippen LogP contribution is -2.14. The van der Waals surface area contributed by atoms with Gasteiger partial charge < -0.3 is 9.30 Å². The molecule has 0 spiro atoms. The first kappa shape index (κ1) is 29.1. The lowest BCUT2D eigenvalue weighted by Gasteiger charge is -2.28. The molecule has 0 N–H and O–H groups in total. The van der Waals surface area contributed by atoms with Gasteiger partial charge in [0, 0.05) is 33.1 Å². The van der Waals surface area contributed by atoms with Gasteiger partial charge in [0.05, 0.1) is 16.6 Å². The van der Waals surface area contributed by atoms with Crippen molar-refractivity contribution in [1.29, 1.82) is 0 Å². The number of rotatable bonds is 3. The topological polar surface area (TPSA) is 7.65 Å². The van der Waals surface area contributed by atoms with Crippen LogP contribution >= 0.6 is 0 Å². The summed E-state index contributed by atoms with van der Waals surface area (Å²) in [4.78, 5) is 2.41. The summed E-state index contributed by atoms with van der Waals surface area (Å²) in [6.45, 7) is 13.7. The maximum Gasteiger partial charge on any atom is 0.0576 e. The predicted octanol–water partition coefficient (Wildman–Crippen LogP) is 12.1. The van der Waals surface area contributed by atoms with Gasteiger partial charge in [-0.15, -0.1) is 0 Å². The third kappa shape index (κ3) is 4.46. The average molecular weight is 623 g/mol. The fourth-order valence-electron chi connectivity index (χ4n) is 8.00. The molecule has 0 amide bonds. The highest BCUT2D eigenvalue weighted by atomic mass is 15.1. The van der Waals surface area contributed by atoms with Gasteiger partial charge in [0.1, 0.15) is 0 Å². The summed E-state index contributed by atoms with van der Waals surface area (Å²) < 4.78 is 2.55. The number of fused-ring (bicyclic) bond motifs is 8. The van der Waals surface area contributed by atoms with Crippen molar-refractivity contribution in [3.63, 3.8) is 0 Å². The van der Waals surface area contributed by atoms with Gasteiger partial charge in [0.2, 0.25) is 0 Å². The van der Waals surface area contributed by atoms with E-state index in [0.29, 0.717) is 0 Å². The molecule has 0 aliphatic heterocycles. The number of hydrogen-bond donors (Lipinski definition) is 0. The van der Waals surface area contributed by atoms with Gasteiger partial charge in [-0.3, -0.25) is 0 Å². The van der Waals surface area contributed by atoms with Crippen LogP contribution in [-0.4, -0.2) is 4.40 Å². The van der Waals surface area contributed by atoms with Crippen molar-refractivity contribution >= 4 is 72.0 Å². The Bertz CT molecular complexity index is 2550. The Labute approximate surface area is 282 Å². The van der Waals surface area contributed by atoms with Crippen molar-refractivity contribution < 1.29 is 0 Å². The van der Waals surface area contributed by atoms with E-state index >= 15 is 0 Å². The van der Waals surface area contributed by atoms with Crippen LogP contribution in [0.3, 0.4) is 0 Å². The van der Waals surface area contributed by atoms with E-state index in [0.717, 1.165) is 18.5 Å². The van der Waals surface area contributed by atoms with Gasteiger partial charge in [0.25, 0.3) is 0 Å². The zero-order valence-corrected chi connectivity index (χ0v) is 28.9. The minimum Gasteiger partial charge on any atom is -0.310 e. The lowest BCUT2D eigenvalue weighted by atomic mass is 9.86. The summed E-state index contributed by atoms with van der Waals surface area (Å²) in [6.07, 6.45) is 4.64. The summed E-state index contributed by atoms with van der Waals surface area (Å²) >= 11 is 0. The van der Waals surface area contributed by atoms with E-state index in [4.69, 9.17) is 0 Å². The Morgan fingerprint density at radius 3 is 1.67 bits per heavy atom. The van der Waals surface area contributed by atoms with E-state index in [1.54, 1.807) is 0 Å². The Hall–Kier alpha value is -5.08. The van der Waals surface area contributed by atoms with Crippen molar-refractivity contribution in [2.45, 2.75) is 65.2 Å². The molecular weight excluding hydrogens is 581 g/mol. The third-order valence-electron chi connectivity index (χ3n) is 10.6. The highest BCUT2D eigenvalue weighted by molar-refractivity contribution is 6.10. The van der Waals surface area contributed by atoms with Crippen LogP contribution in [0, 0.1) is 0 Å². The minimum absolute atomic E-state index is 0.101. The number of benzene rings is 6. The van der Waals surface area contributed by atoms with Crippen LogP contribution in [0.25, 0.3) is 54.9 Å². The second-order valence-corrected chi connectivity index (χ2v) is 15.9. The largest absolute Gasteiger partial charge is 0.310 e. The number of anilines is 3. The third-order valence-corrected chi connectivity index (χ3v) is 10.6. The molecule has 1 aliphatic carbocycles. The van der Waals surface area contributed by atoms with Crippen molar-refractivity contribution in [2.75, 3.05) is 4.90 Å². The molecule has 8 aromatic rings. The Morgan fingerprint density at radius 2 is 1.04 bits per heavy atom. The zero-order chi connectivity index (χ0) is 32.9. The second kappa shape index (κ2) is 10.2. The van der Waals surface area contributed by atoms with Gasteiger partial charge in [-0.25, -0.2) is 0 Å². The molecule has 2 heterocycles. The molecule has 2 heteroatoms. The molecule has 48 heavy (non-hydrogen) atoms. The molecule has 0 saturated heterocycles. The first-order chi connectivity index (χ1) is 23.0. The van der Waals surface area contributed by atoms with Crippen LogP contribution < -0.4 is 10.1 Å².